The van der Waals surface area contributed by atoms with Crippen molar-refractivity contribution in [2.75, 3.05) is 32.7 Å². The minimum Gasteiger partial charge on any atom is -0.489 e. The van der Waals surface area contributed by atoms with Gasteiger partial charge in [-0.05, 0) is 42.3 Å². The standard InChI is InChI=1S/C23H29FN4O2/c1-3-25-23(28-13-11-27(12-14-28)18(2)29)26-16-19-7-9-22(10-8-19)30-17-20-5-4-6-21(24)15-20/h4-10,15H,3,11-14,16-17H2,1-2H3,(H,25,26). The van der Waals surface area contributed by atoms with Crippen LogP contribution in [-0.2, 0) is 17.9 Å². The first-order chi connectivity index (χ1) is 14.5. The normalized spacial score (nSPS) is 14.6. The highest BCUT2D eigenvalue weighted by molar-refractivity contribution is 5.80. The quantitative estimate of drug-likeness (QED) is 0.585. The Hall–Kier alpha value is -3.09. The molecular weight excluding hydrogens is 383 g/mol. The van der Waals surface area contributed by atoms with Crippen LogP contribution in [0.1, 0.15) is 25.0 Å². The Morgan fingerprint density at radius 2 is 1.77 bits per heavy atom. The van der Waals surface area contributed by atoms with Gasteiger partial charge in [0.2, 0.25) is 5.91 Å². The van der Waals surface area contributed by atoms with Crippen LogP contribution in [-0.4, -0.2) is 54.4 Å². The molecule has 0 saturated carbocycles. The molecule has 6 nitrogen and oxygen atoms in total. The molecule has 2 aromatic carbocycles. The molecule has 1 saturated heterocycles. The third-order valence-electron chi connectivity index (χ3n) is 4.99. The van der Waals surface area contributed by atoms with E-state index in [9.17, 15) is 9.18 Å². The van der Waals surface area contributed by atoms with Crippen molar-refractivity contribution in [3.63, 3.8) is 0 Å². The SMILES string of the molecule is CCNC(=NCc1ccc(OCc2cccc(F)c2)cc1)N1CCN(C(C)=O)CC1. The minimum atomic E-state index is -0.261. The predicted molar refractivity (Wildman–Crippen MR) is 116 cm³/mol. The molecule has 0 unspecified atom stereocenters. The zero-order valence-electron chi connectivity index (χ0n) is 17.6. The van der Waals surface area contributed by atoms with Gasteiger partial charge in [-0.25, -0.2) is 9.38 Å². The molecular formula is C23H29FN4O2. The summed E-state index contributed by atoms with van der Waals surface area (Å²) >= 11 is 0. The Morgan fingerprint density at radius 1 is 1.07 bits per heavy atom. The number of hydrogen-bond donors (Lipinski definition) is 1. The average Bonchev–Trinajstić information content (AvgIpc) is 2.76. The lowest BCUT2D eigenvalue weighted by Gasteiger charge is -2.36. The second kappa shape index (κ2) is 10.6. The molecule has 1 fully saturated rings. The fourth-order valence-electron chi connectivity index (χ4n) is 3.31. The summed E-state index contributed by atoms with van der Waals surface area (Å²) < 4.78 is 19.0. The molecule has 2 aromatic rings. The van der Waals surface area contributed by atoms with Crippen LogP contribution in [0.4, 0.5) is 4.39 Å². The number of ether oxygens (including phenoxy) is 1. The fraction of sp³-hybridized carbons (Fsp3) is 0.391. The number of nitrogens with zero attached hydrogens (tertiary/aromatic N) is 3. The van der Waals surface area contributed by atoms with E-state index in [-0.39, 0.29) is 11.7 Å². The highest BCUT2D eigenvalue weighted by Crippen LogP contribution is 2.15. The van der Waals surface area contributed by atoms with E-state index >= 15 is 0 Å². The zero-order chi connectivity index (χ0) is 21.3. The highest BCUT2D eigenvalue weighted by Gasteiger charge is 2.20. The molecule has 0 radical (unpaired) electrons. The summed E-state index contributed by atoms with van der Waals surface area (Å²) in [6.45, 7) is 8.32. The number of carbonyl (C=O) groups excluding carboxylic acids is 1. The van der Waals surface area contributed by atoms with Crippen molar-refractivity contribution in [1.29, 1.82) is 0 Å². The van der Waals surface area contributed by atoms with Crippen molar-refractivity contribution >= 4 is 11.9 Å². The van der Waals surface area contributed by atoms with Crippen LogP contribution in [0.3, 0.4) is 0 Å². The predicted octanol–water partition coefficient (Wildman–Crippen LogP) is 3.03. The molecule has 1 heterocycles. The number of carbonyl (C=O) groups is 1. The van der Waals surface area contributed by atoms with Crippen molar-refractivity contribution in [1.82, 2.24) is 15.1 Å². The number of halogens is 1. The molecule has 1 N–H and O–H groups in total. The lowest BCUT2D eigenvalue weighted by Crippen LogP contribution is -2.53. The molecule has 7 heteroatoms. The number of piperazine rings is 1. The molecule has 1 aliphatic heterocycles. The van der Waals surface area contributed by atoms with E-state index in [1.807, 2.05) is 42.2 Å². The highest BCUT2D eigenvalue weighted by atomic mass is 19.1. The van der Waals surface area contributed by atoms with Crippen LogP contribution in [0.25, 0.3) is 0 Å². The van der Waals surface area contributed by atoms with E-state index in [0.29, 0.717) is 13.2 Å². The van der Waals surface area contributed by atoms with Gasteiger partial charge in [-0.3, -0.25) is 4.79 Å². The van der Waals surface area contributed by atoms with Gasteiger partial charge < -0.3 is 19.9 Å². The summed E-state index contributed by atoms with van der Waals surface area (Å²) in [5, 5.41) is 3.34. The van der Waals surface area contributed by atoms with E-state index < -0.39 is 0 Å². The summed E-state index contributed by atoms with van der Waals surface area (Å²) in [6.07, 6.45) is 0. The van der Waals surface area contributed by atoms with Gasteiger partial charge in [0.1, 0.15) is 18.2 Å². The Labute approximate surface area is 177 Å². The largest absolute Gasteiger partial charge is 0.489 e. The Bertz CT molecular complexity index is 862. The van der Waals surface area contributed by atoms with Crippen LogP contribution in [0.5, 0.6) is 5.75 Å². The van der Waals surface area contributed by atoms with E-state index in [1.165, 1.54) is 12.1 Å². The van der Waals surface area contributed by atoms with Gasteiger partial charge in [0.15, 0.2) is 5.96 Å². The van der Waals surface area contributed by atoms with Crippen LogP contribution >= 0.6 is 0 Å². The van der Waals surface area contributed by atoms with Crippen LogP contribution in [0.2, 0.25) is 0 Å². The first kappa shape index (κ1) is 21.6. The molecule has 1 aliphatic rings. The molecule has 1 amide bonds. The number of nitrogens with one attached hydrogen (secondary N) is 1. The van der Waals surface area contributed by atoms with Crippen LogP contribution < -0.4 is 10.1 Å². The van der Waals surface area contributed by atoms with Gasteiger partial charge in [0.25, 0.3) is 0 Å². The van der Waals surface area contributed by atoms with Gasteiger partial charge in [-0.2, -0.15) is 0 Å². The van der Waals surface area contributed by atoms with Crippen LogP contribution in [0, 0.1) is 5.82 Å². The van der Waals surface area contributed by atoms with Crippen molar-refractivity contribution in [2.45, 2.75) is 27.0 Å². The molecule has 0 bridgehead atoms. The number of benzene rings is 2. The minimum absolute atomic E-state index is 0.122. The second-order valence-electron chi connectivity index (χ2n) is 7.23. The lowest BCUT2D eigenvalue weighted by molar-refractivity contribution is -0.130. The Kier molecular flexibility index (Phi) is 7.65. The van der Waals surface area contributed by atoms with Gasteiger partial charge in [-0.15, -0.1) is 0 Å². The van der Waals surface area contributed by atoms with E-state index in [4.69, 9.17) is 9.73 Å². The van der Waals surface area contributed by atoms with Gasteiger partial charge in [0, 0.05) is 39.6 Å². The van der Waals surface area contributed by atoms with Crippen molar-refractivity contribution in [3.05, 3.63) is 65.5 Å². The number of guanidine groups is 1. The molecule has 3 rings (SSSR count). The smallest absolute Gasteiger partial charge is 0.219 e. The molecule has 0 atom stereocenters. The molecule has 0 spiro atoms. The van der Waals surface area contributed by atoms with Gasteiger partial charge in [0.05, 0.1) is 6.54 Å². The van der Waals surface area contributed by atoms with Gasteiger partial charge >= 0.3 is 0 Å². The van der Waals surface area contributed by atoms with Gasteiger partial charge in [-0.1, -0.05) is 24.3 Å². The molecule has 0 aromatic heterocycles. The Morgan fingerprint density at radius 3 is 2.40 bits per heavy atom. The number of amides is 1. The average molecular weight is 413 g/mol. The number of rotatable bonds is 6. The van der Waals surface area contributed by atoms with Crippen molar-refractivity contribution < 1.29 is 13.9 Å². The maximum absolute atomic E-state index is 13.2. The lowest BCUT2D eigenvalue weighted by atomic mass is 10.2. The van der Waals surface area contributed by atoms with E-state index in [1.54, 1.807) is 13.0 Å². The summed E-state index contributed by atoms with van der Waals surface area (Å²) in [7, 11) is 0. The van der Waals surface area contributed by atoms with E-state index in [0.717, 1.165) is 55.6 Å². The molecule has 160 valence electrons. The summed E-state index contributed by atoms with van der Waals surface area (Å²) in [5.74, 6) is 1.46. The first-order valence-corrected chi connectivity index (χ1v) is 10.3. The first-order valence-electron chi connectivity index (χ1n) is 10.3. The third-order valence-corrected chi connectivity index (χ3v) is 4.99. The maximum atomic E-state index is 13.2. The topological polar surface area (TPSA) is 57.2 Å². The summed E-state index contributed by atoms with van der Waals surface area (Å²) in [4.78, 5) is 20.3. The maximum Gasteiger partial charge on any atom is 0.219 e. The molecule has 30 heavy (non-hydrogen) atoms. The fourth-order valence-corrected chi connectivity index (χ4v) is 3.31. The summed E-state index contributed by atoms with van der Waals surface area (Å²) in [5.41, 5.74) is 1.87. The monoisotopic (exact) mass is 412 g/mol. The second-order valence-corrected chi connectivity index (χ2v) is 7.23. The van der Waals surface area contributed by atoms with Crippen molar-refractivity contribution in [3.8, 4) is 5.75 Å². The van der Waals surface area contributed by atoms with E-state index in [2.05, 4.69) is 10.2 Å². The third kappa shape index (κ3) is 6.20. The summed E-state index contributed by atoms with van der Waals surface area (Å²) in [6, 6.07) is 14.2. The number of hydrogen-bond acceptors (Lipinski definition) is 3. The van der Waals surface area contributed by atoms with Crippen LogP contribution in [0.15, 0.2) is 53.5 Å². The van der Waals surface area contributed by atoms with Crippen molar-refractivity contribution in [2.24, 2.45) is 4.99 Å². The molecule has 0 aliphatic carbocycles. The number of aliphatic imine (C=N–C) groups is 1. The Balaban J connectivity index is 1.55. The zero-order valence-corrected chi connectivity index (χ0v) is 17.6.